The minimum absolute atomic E-state index is 0.258. The Labute approximate surface area is 104 Å². The van der Waals surface area contributed by atoms with Gasteiger partial charge in [0.15, 0.2) is 0 Å². The quantitative estimate of drug-likeness (QED) is 0.797. The fourth-order valence-corrected chi connectivity index (χ4v) is 2.60. The summed E-state index contributed by atoms with van der Waals surface area (Å²) < 4.78 is 0. The average Bonchev–Trinajstić information content (AvgIpc) is 2.29. The molecule has 0 amide bonds. The van der Waals surface area contributed by atoms with Gasteiger partial charge in [0.1, 0.15) is 5.78 Å². The van der Waals surface area contributed by atoms with Crippen molar-refractivity contribution in [3.8, 4) is 0 Å². The van der Waals surface area contributed by atoms with Crippen molar-refractivity contribution in [3.05, 3.63) is 35.4 Å². The molecule has 0 saturated carbocycles. The molecule has 92 valence electrons. The van der Waals surface area contributed by atoms with Crippen molar-refractivity contribution in [2.24, 2.45) is 5.92 Å². The smallest absolute Gasteiger partial charge is 0.134 e. The highest BCUT2D eigenvalue weighted by molar-refractivity contribution is 5.78. The van der Waals surface area contributed by atoms with Crippen molar-refractivity contribution < 1.29 is 4.79 Å². The largest absolute Gasteiger partial charge is 0.300 e. The van der Waals surface area contributed by atoms with Gasteiger partial charge in [-0.3, -0.25) is 9.69 Å². The molecule has 1 atom stereocenters. The Bertz CT molecular complexity index is 400. The summed E-state index contributed by atoms with van der Waals surface area (Å²) in [5, 5.41) is 0. The minimum Gasteiger partial charge on any atom is -0.300 e. The summed E-state index contributed by atoms with van der Waals surface area (Å²) in [4.78, 5) is 13.8. The highest BCUT2D eigenvalue weighted by atomic mass is 16.1. The van der Waals surface area contributed by atoms with Gasteiger partial charge in [0.05, 0.1) is 0 Å². The summed E-state index contributed by atoms with van der Waals surface area (Å²) in [6.07, 6.45) is 2.22. The van der Waals surface area contributed by atoms with E-state index < -0.39 is 0 Å². The zero-order valence-corrected chi connectivity index (χ0v) is 10.8. The van der Waals surface area contributed by atoms with E-state index in [0.29, 0.717) is 5.78 Å². The minimum atomic E-state index is 0.258. The third-order valence-corrected chi connectivity index (χ3v) is 3.57. The number of benzene rings is 1. The van der Waals surface area contributed by atoms with Crippen LogP contribution in [0.25, 0.3) is 0 Å². The van der Waals surface area contributed by atoms with E-state index in [1.807, 2.05) is 0 Å². The number of piperidine rings is 1. The van der Waals surface area contributed by atoms with E-state index in [9.17, 15) is 4.79 Å². The van der Waals surface area contributed by atoms with Gasteiger partial charge in [0, 0.05) is 19.0 Å². The summed E-state index contributed by atoms with van der Waals surface area (Å²) in [6.45, 7) is 6.88. The average molecular weight is 231 g/mol. The third-order valence-electron chi connectivity index (χ3n) is 3.57. The summed E-state index contributed by atoms with van der Waals surface area (Å²) in [6, 6.07) is 8.64. The zero-order valence-electron chi connectivity index (χ0n) is 10.8. The lowest BCUT2D eigenvalue weighted by Crippen LogP contribution is -2.37. The van der Waals surface area contributed by atoms with Crippen molar-refractivity contribution in [1.29, 1.82) is 0 Å². The molecule has 1 aromatic carbocycles. The Balaban J connectivity index is 1.97. The van der Waals surface area contributed by atoms with Gasteiger partial charge < -0.3 is 0 Å². The van der Waals surface area contributed by atoms with E-state index in [0.717, 1.165) is 32.5 Å². The lowest BCUT2D eigenvalue weighted by atomic mass is 9.94. The number of carbonyl (C=O) groups excluding carboxylic acids is 1. The van der Waals surface area contributed by atoms with Crippen LogP contribution in [0, 0.1) is 12.8 Å². The van der Waals surface area contributed by atoms with Crippen LogP contribution in [0.15, 0.2) is 24.3 Å². The van der Waals surface area contributed by atoms with Crippen molar-refractivity contribution >= 4 is 5.78 Å². The first kappa shape index (κ1) is 12.3. The Hall–Kier alpha value is -1.15. The predicted octanol–water partition coefficient (Wildman–Crippen LogP) is 2.80. The van der Waals surface area contributed by atoms with Gasteiger partial charge in [-0.1, -0.05) is 29.8 Å². The molecule has 0 bridgehead atoms. The van der Waals surface area contributed by atoms with Gasteiger partial charge in [-0.15, -0.1) is 0 Å². The molecule has 1 heterocycles. The monoisotopic (exact) mass is 231 g/mol. The molecule has 1 saturated heterocycles. The predicted molar refractivity (Wildman–Crippen MR) is 69.9 cm³/mol. The number of carbonyl (C=O) groups is 1. The fourth-order valence-electron chi connectivity index (χ4n) is 2.60. The lowest BCUT2D eigenvalue weighted by Gasteiger charge is -2.31. The molecule has 0 N–H and O–H groups in total. The first-order valence-electron chi connectivity index (χ1n) is 6.43. The number of nitrogens with zero attached hydrogens (tertiary/aromatic N) is 1. The highest BCUT2D eigenvalue weighted by Gasteiger charge is 2.22. The van der Waals surface area contributed by atoms with Crippen molar-refractivity contribution in [1.82, 2.24) is 4.90 Å². The zero-order chi connectivity index (χ0) is 12.3. The maximum absolute atomic E-state index is 11.4. The molecule has 17 heavy (non-hydrogen) atoms. The molecule has 1 aliphatic heterocycles. The van der Waals surface area contributed by atoms with Crippen molar-refractivity contribution in [2.75, 3.05) is 13.1 Å². The molecule has 2 heteroatoms. The van der Waals surface area contributed by atoms with E-state index in [-0.39, 0.29) is 5.92 Å². The molecule has 1 aromatic rings. The summed E-state index contributed by atoms with van der Waals surface area (Å²) >= 11 is 0. The van der Waals surface area contributed by atoms with E-state index >= 15 is 0 Å². The lowest BCUT2D eigenvalue weighted by molar-refractivity contribution is -0.122. The topological polar surface area (TPSA) is 20.3 Å². The van der Waals surface area contributed by atoms with Gasteiger partial charge in [0.25, 0.3) is 0 Å². The number of aryl methyl sites for hydroxylation is 1. The Morgan fingerprint density at radius 2 is 2.29 bits per heavy atom. The maximum atomic E-state index is 11.4. The van der Waals surface area contributed by atoms with Gasteiger partial charge in [0.2, 0.25) is 0 Å². The van der Waals surface area contributed by atoms with Crippen LogP contribution in [-0.4, -0.2) is 23.8 Å². The molecule has 0 radical (unpaired) electrons. The summed E-state index contributed by atoms with van der Waals surface area (Å²) in [7, 11) is 0. The van der Waals surface area contributed by atoms with Gasteiger partial charge >= 0.3 is 0 Å². The van der Waals surface area contributed by atoms with E-state index in [1.54, 1.807) is 6.92 Å². The second-order valence-corrected chi connectivity index (χ2v) is 5.17. The Morgan fingerprint density at radius 3 is 3.00 bits per heavy atom. The second-order valence-electron chi connectivity index (χ2n) is 5.17. The van der Waals surface area contributed by atoms with Crippen LogP contribution in [0.4, 0.5) is 0 Å². The highest BCUT2D eigenvalue weighted by Crippen LogP contribution is 2.19. The van der Waals surface area contributed by atoms with E-state index in [1.165, 1.54) is 11.1 Å². The van der Waals surface area contributed by atoms with E-state index in [4.69, 9.17) is 0 Å². The fraction of sp³-hybridized carbons (Fsp3) is 0.533. The molecule has 1 aliphatic rings. The molecule has 0 aliphatic carbocycles. The maximum Gasteiger partial charge on any atom is 0.134 e. The number of likely N-dealkylation sites (tertiary alicyclic amines) is 1. The van der Waals surface area contributed by atoms with Gasteiger partial charge in [-0.2, -0.15) is 0 Å². The molecule has 0 spiro atoms. The van der Waals surface area contributed by atoms with Crippen LogP contribution in [0.3, 0.4) is 0 Å². The number of hydrogen-bond donors (Lipinski definition) is 0. The number of ketones is 1. The van der Waals surface area contributed by atoms with Crippen molar-refractivity contribution in [3.63, 3.8) is 0 Å². The Kier molecular flexibility index (Phi) is 3.95. The summed E-state index contributed by atoms with van der Waals surface area (Å²) in [5.74, 6) is 0.604. The first-order valence-corrected chi connectivity index (χ1v) is 6.43. The van der Waals surface area contributed by atoms with Crippen LogP contribution in [0.2, 0.25) is 0 Å². The summed E-state index contributed by atoms with van der Waals surface area (Å²) in [5.41, 5.74) is 2.66. The molecule has 1 fully saturated rings. The molecular formula is C15H21NO. The van der Waals surface area contributed by atoms with Gasteiger partial charge in [-0.05, 0) is 38.8 Å². The number of rotatable bonds is 3. The molecule has 2 nitrogen and oxygen atoms in total. The van der Waals surface area contributed by atoms with Crippen LogP contribution < -0.4 is 0 Å². The Morgan fingerprint density at radius 1 is 1.47 bits per heavy atom. The SMILES string of the molecule is CC(=O)C1CCCN(Cc2cccc(C)c2)C1. The molecule has 1 unspecified atom stereocenters. The van der Waals surface area contributed by atoms with Crippen LogP contribution in [-0.2, 0) is 11.3 Å². The van der Waals surface area contributed by atoms with Crippen LogP contribution >= 0.6 is 0 Å². The van der Waals surface area contributed by atoms with Gasteiger partial charge in [-0.25, -0.2) is 0 Å². The van der Waals surface area contributed by atoms with Crippen molar-refractivity contribution in [2.45, 2.75) is 33.2 Å². The second kappa shape index (κ2) is 5.46. The van der Waals surface area contributed by atoms with Crippen LogP contribution in [0.1, 0.15) is 30.9 Å². The molecule has 2 rings (SSSR count). The normalized spacial score (nSPS) is 21.4. The number of hydrogen-bond acceptors (Lipinski definition) is 2. The molecule has 0 aromatic heterocycles. The first-order chi connectivity index (χ1) is 8.15. The third kappa shape index (κ3) is 3.40. The van der Waals surface area contributed by atoms with E-state index in [2.05, 4.69) is 36.1 Å². The number of Topliss-reactive ketones (excluding diaryl/α,β-unsaturated/α-hetero) is 1. The van der Waals surface area contributed by atoms with Crippen LogP contribution in [0.5, 0.6) is 0 Å². The molecular weight excluding hydrogens is 210 g/mol. The standard InChI is InChI=1S/C15H21NO/c1-12-5-3-6-14(9-12)10-16-8-4-7-15(11-16)13(2)17/h3,5-6,9,15H,4,7-8,10-11H2,1-2H3.